The molecule has 0 saturated carbocycles. The molecule has 0 heterocycles. The Morgan fingerprint density at radius 2 is 0.838 bits per heavy atom. The maximum atomic E-state index is 12.8. The van der Waals surface area contributed by atoms with Crippen LogP contribution in [0.2, 0.25) is 0 Å². The topological polar surface area (TPSA) is 111 Å². The molecule has 0 aliphatic carbocycles. The number of phosphoric ester groups is 1. The molecule has 0 aromatic carbocycles. The van der Waals surface area contributed by atoms with Gasteiger partial charge >= 0.3 is 11.9 Å². The summed E-state index contributed by atoms with van der Waals surface area (Å²) in [6.45, 7) is 4.13. The zero-order valence-electron chi connectivity index (χ0n) is 44.8. The van der Waals surface area contributed by atoms with Crippen molar-refractivity contribution in [1.29, 1.82) is 0 Å². The normalized spacial score (nSPS) is 13.8. The molecule has 10 heteroatoms. The van der Waals surface area contributed by atoms with Crippen molar-refractivity contribution >= 4 is 19.8 Å². The molecule has 0 aliphatic rings. The lowest BCUT2D eigenvalue weighted by atomic mass is 10.0. The predicted molar refractivity (Wildman–Crippen MR) is 287 cm³/mol. The molecule has 0 fully saturated rings. The number of likely N-dealkylation sites (N-methyl/N-ethyl adjacent to an activating group) is 1. The first-order valence-electron chi connectivity index (χ1n) is 28.0. The quantitative estimate of drug-likeness (QED) is 0.0195. The van der Waals surface area contributed by atoms with Crippen LogP contribution in [0.3, 0.4) is 0 Å². The molecule has 0 N–H and O–H groups in total. The minimum Gasteiger partial charge on any atom is -0.756 e. The molecule has 0 aromatic rings. The average molecular weight is 976 g/mol. The van der Waals surface area contributed by atoms with Gasteiger partial charge in [0.05, 0.1) is 27.7 Å². The first-order chi connectivity index (χ1) is 33.0. The van der Waals surface area contributed by atoms with Crippen molar-refractivity contribution in [3.05, 3.63) is 60.8 Å². The number of ether oxygens (including phenoxy) is 2. The predicted octanol–water partition coefficient (Wildman–Crippen LogP) is 16.5. The van der Waals surface area contributed by atoms with Gasteiger partial charge in [0.2, 0.25) is 0 Å². The highest BCUT2D eigenvalue weighted by atomic mass is 31.2. The van der Waals surface area contributed by atoms with E-state index >= 15 is 0 Å². The van der Waals surface area contributed by atoms with Gasteiger partial charge in [-0.05, 0) is 77.0 Å². The van der Waals surface area contributed by atoms with E-state index in [0.717, 1.165) is 70.6 Å². The van der Waals surface area contributed by atoms with Crippen molar-refractivity contribution in [3.63, 3.8) is 0 Å². The largest absolute Gasteiger partial charge is 0.756 e. The second-order valence-corrected chi connectivity index (χ2v) is 21.3. The smallest absolute Gasteiger partial charge is 0.306 e. The van der Waals surface area contributed by atoms with Gasteiger partial charge in [0.25, 0.3) is 7.82 Å². The summed E-state index contributed by atoms with van der Waals surface area (Å²) in [5, 5.41) is 0. The number of nitrogens with zero attached hydrogens (tertiary/aromatic N) is 1. The second-order valence-electron chi connectivity index (χ2n) is 19.9. The Kier molecular flexibility index (Phi) is 48.0. The van der Waals surface area contributed by atoms with Crippen LogP contribution >= 0.6 is 7.82 Å². The fraction of sp³-hybridized carbons (Fsp3) is 0.793. The zero-order valence-corrected chi connectivity index (χ0v) is 45.7. The van der Waals surface area contributed by atoms with Crippen LogP contribution in [0, 0.1) is 0 Å². The molecule has 0 amide bonds. The van der Waals surface area contributed by atoms with Gasteiger partial charge in [-0.1, -0.05) is 216 Å². The maximum Gasteiger partial charge on any atom is 0.306 e. The van der Waals surface area contributed by atoms with Gasteiger partial charge in [0, 0.05) is 12.8 Å². The summed E-state index contributed by atoms with van der Waals surface area (Å²) in [6, 6.07) is 0. The van der Waals surface area contributed by atoms with Crippen LogP contribution in [-0.4, -0.2) is 70.0 Å². The number of hydrogen-bond donors (Lipinski definition) is 0. The summed E-state index contributed by atoms with van der Waals surface area (Å²) in [7, 11) is 1.16. The van der Waals surface area contributed by atoms with E-state index in [9.17, 15) is 19.0 Å². The van der Waals surface area contributed by atoms with Crippen molar-refractivity contribution in [1.82, 2.24) is 0 Å². The van der Waals surface area contributed by atoms with E-state index in [1.807, 2.05) is 21.1 Å². The molecule has 9 nitrogen and oxygen atoms in total. The Morgan fingerprint density at radius 1 is 0.471 bits per heavy atom. The van der Waals surface area contributed by atoms with Crippen molar-refractivity contribution in [2.45, 2.75) is 251 Å². The Bertz CT molecular complexity index is 1340. The highest BCUT2D eigenvalue weighted by Gasteiger charge is 2.21. The number of carbonyl (C=O) groups excluding carboxylic acids is 2. The Labute approximate surface area is 419 Å². The van der Waals surface area contributed by atoms with Crippen LogP contribution in [0.15, 0.2) is 60.8 Å². The van der Waals surface area contributed by atoms with E-state index in [2.05, 4.69) is 74.6 Å². The highest BCUT2D eigenvalue weighted by Crippen LogP contribution is 2.38. The number of allylic oxidation sites excluding steroid dienone is 10. The van der Waals surface area contributed by atoms with Crippen LogP contribution in [0.5, 0.6) is 0 Å². The van der Waals surface area contributed by atoms with E-state index in [1.165, 1.54) is 141 Å². The zero-order chi connectivity index (χ0) is 49.9. The number of esters is 2. The Hall–Kier alpha value is -2.29. The number of rotatable bonds is 51. The van der Waals surface area contributed by atoms with E-state index in [4.69, 9.17) is 18.5 Å². The lowest BCUT2D eigenvalue weighted by molar-refractivity contribution is -0.870. The molecule has 0 spiro atoms. The summed E-state index contributed by atoms with van der Waals surface area (Å²) in [5.74, 6) is -0.839. The van der Waals surface area contributed by atoms with Crippen LogP contribution in [0.4, 0.5) is 0 Å². The van der Waals surface area contributed by atoms with Crippen LogP contribution < -0.4 is 4.89 Å². The van der Waals surface area contributed by atoms with E-state index in [0.29, 0.717) is 17.4 Å². The monoisotopic (exact) mass is 976 g/mol. The molecular weight excluding hydrogens is 870 g/mol. The van der Waals surface area contributed by atoms with Gasteiger partial charge in [-0.2, -0.15) is 0 Å². The third kappa shape index (κ3) is 53.1. The number of phosphoric acid groups is 1. The molecule has 0 bridgehead atoms. The van der Waals surface area contributed by atoms with Gasteiger partial charge in [0.15, 0.2) is 6.10 Å². The fourth-order valence-electron chi connectivity index (χ4n) is 7.70. The summed E-state index contributed by atoms with van der Waals surface area (Å²) >= 11 is 0. The lowest BCUT2D eigenvalue weighted by Gasteiger charge is -2.28. The Balaban J connectivity index is 4.20. The molecule has 0 aliphatic heterocycles. The van der Waals surface area contributed by atoms with Gasteiger partial charge < -0.3 is 27.9 Å². The summed E-state index contributed by atoms with van der Waals surface area (Å²) in [6.07, 6.45) is 62.6. The molecule has 68 heavy (non-hydrogen) atoms. The third-order valence-electron chi connectivity index (χ3n) is 12.0. The first kappa shape index (κ1) is 65.7. The minimum atomic E-state index is -4.64. The Morgan fingerprint density at radius 3 is 1.26 bits per heavy atom. The second kappa shape index (κ2) is 49.7. The van der Waals surface area contributed by atoms with Crippen LogP contribution in [0.25, 0.3) is 0 Å². The molecular formula is C58H106NO8P. The fourth-order valence-corrected chi connectivity index (χ4v) is 8.43. The number of carbonyl (C=O) groups is 2. The molecule has 396 valence electrons. The molecule has 0 radical (unpaired) electrons. The molecule has 2 atom stereocenters. The summed E-state index contributed by atoms with van der Waals surface area (Å²) in [4.78, 5) is 37.8. The maximum absolute atomic E-state index is 12.8. The van der Waals surface area contributed by atoms with Crippen LogP contribution in [0.1, 0.15) is 245 Å². The minimum absolute atomic E-state index is 0.0342. The lowest BCUT2D eigenvalue weighted by Crippen LogP contribution is -2.37. The molecule has 0 aromatic heterocycles. The van der Waals surface area contributed by atoms with Gasteiger partial charge in [-0.15, -0.1) is 0 Å². The van der Waals surface area contributed by atoms with Crippen molar-refractivity contribution in [3.8, 4) is 0 Å². The third-order valence-corrected chi connectivity index (χ3v) is 13.0. The average Bonchev–Trinajstić information content (AvgIpc) is 3.30. The van der Waals surface area contributed by atoms with Gasteiger partial charge in [-0.25, -0.2) is 0 Å². The first-order valence-corrected chi connectivity index (χ1v) is 29.5. The highest BCUT2D eigenvalue weighted by molar-refractivity contribution is 7.45. The SMILES string of the molecule is CC/C=C\C/C=C\C/C=C\C/C=C\CCCCCCCCCCC(=O)OC(COC(=O)CCCCCCCCCCCCC/C=C\CCCCCCCCCC)COP(=O)([O-])OCC[N+](C)(C)C. The van der Waals surface area contributed by atoms with E-state index < -0.39 is 26.5 Å². The molecule has 0 rings (SSSR count). The van der Waals surface area contributed by atoms with Crippen LogP contribution in [-0.2, 0) is 32.7 Å². The van der Waals surface area contributed by atoms with Gasteiger partial charge in [0.1, 0.15) is 19.8 Å². The van der Waals surface area contributed by atoms with Crippen molar-refractivity contribution < 1.29 is 42.1 Å². The number of hydrogen-bond acceptors (Lipinski definition) is 8. The van der Waals surface area contributed by atoms with E-state index in [-0.39, 0.29) is 32.0 Å². The number of quaternary nitrogens is 1. The van der Waals surface area contributed by atoms with E-state index in [1.54, 1.807) is 0 Å². The standard InChI is InChI=1S/C58H106NO8P/c1-6-8-10-12-14-16-18-20-22-24-26-28-29-31-32-34-36-38-40-42-44-46-48-50-57(60)64-54-56(55-66-68(62,63)65-53-52-59(3,4)5)67-58(61)51-49-47-45-43-41-39-37-35-33-30-27-25-23-21-19-17-15-13-11-9-7-2/h9,11,15,17,21,23-24,26-27,30,56H,6-8,10,12-14,16,18-20,22,25,28-29,31-55H2,1-5H3/b11-9-,17-15-,23-21-,26-24-,30-27-. The van der Waals surface area contributed by atoms with Gasteiger partial charge in [-0.3, -0.25) is 14.2 Å². The van der Waals surface area contributed by atoms with Crippen molar-refractivity contribution in [2.75, 3.05) is 47.5 Å². The summed E-state index contributed by atoms with van der Waals surface area (Å²) < 4.78 is 34.1. The molecule has 2 unspecified atom stereocenters. The van der Waals surface area contributed by atoms with Crippen molar-refractivity contribution in [2.24, 2.45) is 0 Å². The number of unbranched alkanes of at least 4 members (excludes halogenated alkanes) is 27. The molecule has 0 saturated heterocycles. The summed E-state index contributed by atoms with van der Waals surface area (Å²) in [5.41, 5.74) is 0.